The number of aliphatic imine (C=N–C) groups is 1. The van der Waals surface area contributed by atoms with Gasteiger partial charge in [0.25, 0.3) is 0 Å². The predicted molar refractivity (Wildman–Crippen MR) is 81.6 cm³/mol. The average molecular weight is 319 g/mol. The van der Waals surface area contributed by atoms with Crippen LogP contribution in [0, 0.1) is 5.82 Å². The number of nitrogens with zero attached hydrogens (tertiary/aromatic N) is 2. The highest BCUT2D eigenvalue weighted by Crippen LogP contribution is 2.39. The Bertz CT molecular complexity index is 842. The Hall–Kier alpha value is -2.74. The molecule has 1 aliphatic rings. The number of carbonyl (C=O) groups excluding carboxylic acids is 1. The van der Waals surface area contributed by atoms with Crippen molar-refractivity contribution < 1.29 is 19.0 Å². The number of hydrogen-bond acceptors (Lipinski definition) is 7. The summed E-state index contributed by atoms with van der Waals surface area (Å²) in [7, 11) is 1.23. The zero-order valence-electron chi connectivity index (χ0n) is 11.3. The largest absolute Gasteiger partial charge is 0.492 e. The Labute approximate surface area is 128 Å². The number of hydrogen-bond donors (Lipinski definition) is 2. The van der Waals surface area contributed by atoms with Crippen LogP contribution in [0.5, 0.6) is 5.88 Å². The summed E-state index contributed by atoms with van der Waals surface area (Å²) in [6.07, 6.45) is 1.49. The number of methoxy groups -OCH3 is 1. The Kier molecular flexibility index (Phi) is 3.38. The minimum Gasteiger partial charge on any atom is -0.492 e. The maximum Gasteiger partial charge on any atom is 0.357 e. The minimum absolute atomic E-state index is 0.0365. The second-order valence-electron chi connectivity index (χ2n) is 4.41. The molecule has 0 saturated heterocycles. The number of halogens is 1. The summed E-state index contributed by atoms with van der Waals surface area (Å²) in [5.41, 5.74) is 6.80. The van der Waals surface area contributed by atoms with E-state index in [0.717, 1.165) is 11.3 Å². The van der Waals surface area contributed by atoms with Crippen LogP contribution in [-0.4, -0.2) is 28.9 Å². The van der Waals surface area contributed by atoms with Crippen molar-refractivity contribution in [3.63, 3.8) is 0 Å². The van der Waals surface area contributed by atoms with Crippen LogP contribution in [0.15, 0.2) is 23.2 Å². The average Bonchev–Trinajstić information content (AvgIpc) is 2.99. The lowest BCUT2D eigenvalue weighted by Crippen LogP contribution is -2.14. The van der Waals surface area contributed by atoms with Gasteiger partial charge in [0.1, 0.15) is 5.82 Å². The fourth-order valence-electron chi connectivity index (χ4n) is 2.09. The lowest BCUT2D eigenvalue weighted by Gasteiger charge is -2.03. The monoisotopic (exact) mass is 319 g/mol. The fraction of sp³-hybridized carbons (Fsp3) is 0.0714. The van der Waals surface area contributed by atoms with E-state index in [1.807, 2.05) is 0 Å². The number of thiazole rings is 1. The molecule has 0 unspecified atom stereocenters. The van der Waals surface area contributed by atoms with E-state index in [1.54, 1.807) is 0 Å². The van der Waals surface area contributed by atoms with Gasteiger partial charge in [-0.25, -0.2) is 14.2 Å². The van der Waals surface area contributed by atoms with E-state index in [1.165, 1.54) is 31.4 Å². The maximum atomic E-state index is 13.5. The van der Waals surface area contributed by atoms with Crippen molar-refractivity contribution in [2.24, 2.45) is 4.99 Å². The van der Waals surface area contributed by atoms with Crippen molar-refractivity contribution in [2.75, 3.05) is 12.8 Å². The maximum absolute atomic E-state index is 13.5. The van der Waals surface area contributed by atoms with Crippen LogP contribution in [0.4, 0.5) is 15.2 Å². The highest BCUT2D eigenvalue weighted by Gasteiger charge is 2.28. The number of carbonyl (C=O) groups is 1. The molecule has 0 radical (unpaired) electrons. The first kappa shape index (κ1) is 14.2. The van der Waals surface area contributed by atoms with Crippen LogP contribution < -0.4 is 5.73 Å². The van der Waals surface area contributed by atoms with Crippen molar-refractivity contribution in [2.45, 2.75) is 0 Å². The number of anilines is 1. The summed E-state index contributed by atoms with van der Waals surface area (Å²) in [6.45, 7) is 0. The standard InChI is InChI=1S/C14H10FN3O3S/c1-21-13(20)11-8(5-10-12(19)18-14(16)22-10)7-4-6(15)2-3-9(7)17-11/h2-5,19H,1H3,(H2,16,18)/b8-5-. The van der Waals surface area contributed by atoms with Crippen molar-refractivity contribution in [3.8, 4) is 5.88 Å². The molecule has 2 aromatic rings. The molecule has 3 rings (SSSR count). The summed E-state index contributed by atoms with van der Waals surface area (Å²) >= 11 is 1.04. The predicted octanol–water partition coefficient (Wildman–Crippen LogP) is 2.37. The number of nitrogens with two attached hydrogens (primary N) is 1. The van der Waals surface area contributed by atoms with Gasteiger partial charge in [0.2, 0.25) is 5.88 Å². The molecule has 1 aromatic carbocycles. The summed E-state index contributed by atoms with van der Waals surface area (Å²) in [4.78, 5) is 20.1. The smallest absolute Gasteiger partial charge is 0.357 e. The quantitative estimate of drug-likeness (QED) is 0.828. The van der Waals surface area contributed by atoms with Crippen LogP contribution in [-0.2, 0) is 9.53 Å². The molecule has 112 valence electrons. The number of fused-ring (bicyclic) bond motifs is 1. The van der Waals surface area contributed by atoms with E-state index in [4.69, 9.17) is 10.5 Å². The minimum atomic E-state index is -0.653. The molecule has 0 bridgehead atoms. The number of ether oxygens (including phenoxy) is 1. The summed E-state index contributed by atoms with van der Waals surface area (Å²) in [5.74, 6) is -1.37. The van der Waals surface area contributed by atoms with Gasteiger partial charge < -0.3 is 15.6 Å². The second kappa shape index (κ2) is 5.23. The van der Waals surface area contributed by atoms with Gasteiger partial charge in [-0.2, -0.15) is 4.98 Å². The summed E-state index contributed by atoms with van der Waals surface area (Å²) in [5, 5.41) is 9.90. The van der Waals surface area contributed by atoms with Gasteiger partial charge in [0.15, 0.2) is 10.8 Å². The third kappa shape index (κ3) is 2.33. The molecular weight excluding hydrogens is 309 g/mol. The van der Waals surface area contributed by atoms with E-state index in [9.17, 15) is 14.3 Å². The Morgan fingerprint density at radius 2 is 2.27 bits per heavy atom. The van der Waals surface area contributed by atoms with Gasteiger partial charge in [-0.05, 0) is 24.3 Å². The van der Waals surface area contributed by atoms with Gasteiger partial charge >= 0.3 is 5.97 Å². The number of esters is 1. The molecule has 8 heteroatoms. The molecule has 0 fully saturated rings. The van der Waals surface area contributed by atoms with Gasteiger partial charge in [0.05, 0.1) is 17.7 Å². The Morgan fingerprint density at radius 3 is 2.91 bits per heavy atom. The zero-order valence-corrected chi connectivity index (χ0v) is 12.1. The van der Waals surface area contributed by atoms with Gasteiger partial charge in [0, 0.05) is 11.1 Å². The fourth-order valence-corrected chi connectivity index (χ4v) is 2.76. The van der Waals surface area contributed by atoms with Gasteiger partial charge in [-0.15, -0.1) is 0 Å². The number of benzene rings is 1. The lowest BCUT2D eigenvalue weighted by atomic mass is 10.0. The number of aromatic hydroxyl groups is 1. The topological polar surface area (TPSA) is 97.8 Å². The first-order valence-electron chi connectivity index (χ1n) is 6.14. The van der Waals surface area contributed by atoms with Crippen molar-refractivity contribution in [1.29, 1.82) is 0 Å². The van der Waals surface area contributed by atoms with Gasteiger partial charge in [-0.1, -0.05) is 11.3 Å². The van der Waals surface area contributed by atoms with E-state index >= 15 is 0 Å². The second-order valence-corrected chi connectivity index (χ2v) is 5.47. The Morgan fingerprint density at radius 1 is 1.50 bits per heavy atom. The van der Waals surface area contributed by atoms with Crippen molar-refractivity contribution >= 4 is 45.5 Å². The molecule has 3 N–H and O–H groups in total. The van der Waals surface area contributed by atoms with Crippen LogP contribution in [0.3, 0.4) is 0 Å². The molecule has 0 spiro atoms. The first-order chi connectivity index (χ1) is 10.5. The van der Waals surface area contributed by atoms with Crippen LogP contribution in [0.1, 0.15) is 10.4 Å². The molecule has 0 atom stereocenters. The molecule has 1 aliphatic heterocycles. The molecule has 6 nitrogen and oxygen atoms in total. The highest BCUT2D eigenvalue weighted by atomic mass is 32.1. The summed E-state index contributed by atoms with van der Waals surface area (Å²) in [6, 6.07) is 3.99. The molecule has 1 aromatic heterocycles. The van der Waals surface area contributed by atoms with E-state index in [2.05, 4.69) is 9.98 Å². The van der Waals surface area contributed by atoms with Crippen LogP contribution >= 0.6 is 11.3 Å². The van der Waals surface area contributed by atoms with E-state index in [0.29, 0.717) is 21.7 Å². The molecule has 22 heavy (non-hydrogen) atoms. The number of nitrogen functional groups attached to an aromatic ring is 1. The third-order valence-corrected chi connectivity index (χ3v) is 3.86. The van der Waals surface area contributed by atoms with Crippen LogP contribution in [0.25, 0.3) is 11.6 Å². The molecule has 2 heterocycles. The lowest BCUT2D eigenvalue weighted by molar-refractivity contribution is -0.132. The summed E-state index contributed by atoms with van der Waals surface area (Å²) < 4.78 is 18.2. The van der Waals surface area contributed by atoms with E-state index < -0.39 is 11.8 Å². The highest BCUT2D eigenvalue weighted by molar-refractivity contribution is 7.16. The molecule has 0 saturated carbocycles. The third-order valence-electron chi connectivity index (χ3n) is 3.04. The molecular formula is C14H10FN3O3S. The SMILES string of the molecule is COC(=O)C1=Nc2ccc(F)cc2/C1=C/c1sc(N)nc1O. The van der Waals surface area contributed by atoms with E-state index in [-0.39, 0.29) is 16.7 Å². The number of rotatable bonds is 2. The zero-order chi connectivity index (χ0) is 15.9. The molecule has 0 amide bonds. The van der Waals surface area contributed by atoms with Crippen molar-refractivity contribution in [3.05, 3.63) is 34.5 Å². The number of aromatic nitrogens is 1. The first-order valence-corrected chi connectivity index (χ1v) is 6.95. The van der Waals surface area contributed by atoms with Gasteiger partial charge in [-0.3, -0.25) is 0 Å². The Balaban J connectivity index is 2.18. The normalized spacial score (nSPS) is 14.8. The van der Waals surface area contributed by atoms with Crippen molar-refractivity contribution in [1.82, 2.24) is 4.98 Å². The molecule has 0 aliphatic carbocycles. The van der Waals surface area contributed by atoms with Crippen LogP contribution in [0.2, 0.25) is 0 Å².